The molecule has 0 radical (unpaired) electrons. The standard InChI is InChI=1S/C22H25Cl2FN6O3/c1-11(13-3-2-12(23)8-14(13)24)27-20-15(25)9-26-22(30-20)31-7-6-16(18(32)10-31)29-21(34)17-4-5-19(33)28-17/h2-3,8-9,11,16-18,32H,4-7,10H2,1H3,(H,28,33)(H,29,34)(H,26,27,30)/t11-,16+,17-,18+/m1/s1. The second kappa shape index (κ2) is 10.3. The zero-order valence-corrected chi connectivity index (χ0v) is 19.9. The lowest BCUT2D eigenvalue weighted by Gasteiger charge is -2.36. The Balaban J connectivity index is 1.40. The molecule has 0 spiro atoms. The van der Waals surface area contributed by atoms with Crippen LogP contribution in [0.5, 0.6) is 0 Å². The summed E-state index contributed by atoms with van der Waals surface area (Å²) in [7, 11) is 0. The monoisotopic (exact) mass is 510 g/mol. The summed E-state index contributed by atoms with van der Waals surface area (Å²) in [6, 6.07) is 3.69. The zero-order valence-electron chi connectivity index (χ0n) is 18.4. The van der Waals surface area contributed by atoms with Crippen molar-refractivity contribution in [3.8, 4) is 0 Å². The van der Waals surface area contributed by atoms with Gasteiger partial charge in [0, 0.05) is 29.6 Å². The van der Waals surface area contributed by atoms with Gasteiger partial charge >= 0.3 is 0 Å². The molecule has 0 saturated carbocycles. The fourth-order valence-corrected chi connectivity index (χ4v) is 4.69. The summed E-state index contributed by atoms with van der Waals surface area (Å²) in [5.74, 6) is -0.818. The molecule has 1 aromatic carbocycles. The van der Waals surface area contributed by atoms with E-state index in [-0.39, 0.29) is 36.2 Å². The van der Waals surface area contributed by atoms with E-state index < -0.39 is 24.0 Å². The van der Waals surface area contributed by atoms with E-state index >= 15 is 0 Å². The number of amides is 2. The van der Waals surface area contributed by atoms with Gasteiger partial charge in [-0.25, -0.2) is 9.37 Å². The predicted octanol–water partition coefficient (Wildman–Crippen LogP) is 2.43. The smallest absolute Gasteiger partial charge is 0.242 e. The molecule has 34 heavy (non-hydrogen) atoms. The van der Waals surface area contributed by atoms with E-state index in [1.807, 2.05) is 6.92 Å². The van der Waals surface area contributed by atoms with Crippen LogP contribution in [0.25, 0.3) is 0 Å². The van der Waals surface area contributed by atoms with Gasteiger partial charge in [-0.2, -0.15) is 4.98 Å². The quantitative estimate of drug-likeness (QED) is 0.471. The number of halogens is 3. The minimum atomic E-state index is -0.883. The lowest BCUT2D eigenvalue weighted by molar-refractivity contribution is -0.127. The summed E-state index contributed by atoms with van der Waals surface area (Å²) >= 11 is 12.2. The number of hydrogen-bond acceptors (Lipinski definition) is 7. The van der Waals surface area contributed by atoms with Gasteiger partial charge < -0.3 is 26.0 Å². The number of nitrogens with zero attached hydrogens (tertiary/aromatic N) is 3. The number of aliphatic hydroxyl groups excluding tert-OH is 1. The highest BCUT2D eigenvalue weighted by atomic mass is 35.5. The van der Waals surface area contributed by atoms with Crippen LogP contribution < -0.4 is 20.9 Å². The van der Waals surface area contributed by atoms with Crippen LogP contribution in [-0.2, 0) is 9.59 Å². The molecule has 0 unspecified atom stereocenters. The van der Waals surface area contributed by atoms with Gasteiger partial charge in [-0.05, 0) is 37.5 Å². The van der Waals surface area contributed by atoms with Gasteiger partial charge in [0.25, 0.3) is 0 Å². The molecule has 0 bridgehead atoms. The third kappa shape index (κ3) is 5.51. The van der Waals surface area contributed by atoms with E-state index in [0.717, 1.165) is 11.8 Å². The van der Waals surface area contributed by atoms with E-state index in [4.69, 9.17) is 23.2 Å². The molecule has 182 valence electrons. The first kappa shape index (κ1) is 24.4. The van der Waals surface area contributed by atoms with Crippen molar-refractivity contribution in [2.75, 3.05) is 23.3 Å². The summed E-state index contributed by atoms with van der Waals surface area (Å²) in [6.07, 6.45) is 1.39. The molecule has 2 fully saturated rings. The Labute approximate surface area is 206 Å². The van der Waals surface area contributed by atoms with Gasteiger partial charge in [-0.1, -0.05) is 29.3 Å². The van der Waals surface area contributed by atoms with Crippen molar-refractivity contribution in [2.45, 2.75) is 50.4 Å². The van der Waals surface area contributed by atoms with Crippen LogP contribution in [0.2, 0.25) is 10.0 Å². The number of piperidine rings is 1. The van der Waals surface area contributed by atoms with Crippen LogP contribution in [0.4, 0.5) is 16.2 Å². The molecule has 3 heterocycles. The van der Waals surface area contributed by atoms with Gasteiger partial charge in [0.2, 0.25) is 17.8 Å². The molecule has 4 N–H and O–H groups in total. The van der Waals surface area contributed by atoms with Gasteiger partial charge in [0.1, 0.15) is 6.04 Å². The van der Waals surface area contributed by atoms with E-state index in [2.05, 4.69) is 25.9 Å². The van der Waals surface area contributed by atoms with Crippen LogP contribution in [0.15, 0.2) is 24.4 Å². The first-order chi connectivity index (χ1) is 16.2. The van der Waals surface area contributed by atoms with Gasteiger partial charge in [-0.3, -0.25) is 9.59 Å². The fourth-order valence-electron chi connectivity index (χ4n) is 4.12. The second-order valence-corrected chi connectivity index (χ2v) is 9.32. The molecule has 12 heteroatoms. The Bertz CT molecular complexity index is 1090. The summed E-state index contributed by atoms with van der Waals surface area (Å²) in [5, 5.41) is 20.0. The molecular formula is C22H25Cl2FN6O3. The minimum Gasteiger partial charge on any atom is -0.389 e. The third-order valence-electron chi connectivity index (χ3n) is 6.02. The topological polar surface area (TPSA) is 119 Å². The number of anilines is 2. The highest BCUT2D eigenvalue weighted by molar-refractivity contribution is 6.35. The fraction of sp³-hybridized carbons (Fsp3) is 0.455. The van der Waals surface area contributed by atoms with Crippen molar-refractivity contribution >= 4 is 46.8 Å². The summed E-state index contributed by atoms with van der Waals surface area (Å²) in [4.78, 5) is 33.8. The Morgan fingerprint density at radius 1 is 1.35 bits per heavy atom. The highest BCUT2D eigenvalue weighted by Crippen LogP contribution is 2.29. The molecular weight excluding hydrogens is 486 g/mol. The van der Waals surface area contributed by atoms with E-state index in [9.17, 15) is 19.1 Å². The molecule has 2 aliphatic rings. The first-order valence-corrected chi connectivity index (χ1v) is 11.7. The predicted molar refractivity (Wildman–Crippen MR) is 126 cm³/mol. The molecule has 1 aromatic heterocycles. The summed E-state index contributed by atoms with van der Waals surface area (Å²) in [5.41, 5.74) is 0.732. The highest BCUT2D eigenvalue weighted by Gasteiger charge is 2.34. The van der Waals surface area contributed by atoms with Crippen molar-refractivity contribution < 1.29 is 19.1 Å². The number of benzene rings is 1. The third-order valence-corrected chi connectivity index (χ3v) is 6.58. The number of hydrogen-bond donors (Lipinski definition) is 4. The second-order valence-electron chi connectivity index (χ2n) is 8.47. The van der Waals surface area contributed by atoms with Crippen molar-refractivity contribution in [3.63, 3.8) is 0 Å². The number of rotatable bonds is 6. The van der Waals surface area contributed by atoms with Crippen molar-refractivity contribution in [2.24, 2.45) is 0 Å². The van der Waals surface area contributed by atoms with E-state index in [1.165, 1.54) is 0 Å². The van der Waals surface area contributed by atoms with E-state index in [1.54, 1.807) is 23.1 Å². The van der Waals surface area contributed by atoms with Crippen molar-refractivity contribution in [3.05, 3.63) is 45.8 Å². The molecule has 2 amide bonds. The number of carbonyl (C=O) groups excluding carboxylic acids is 2. The van der Waals surface area contributed by atoms with Crippen LogP contribution >= 0.6 is 23.2 Å². The molecule has 4 rings (SSSR count). The minimum absolute atomic E-state index is 0.00501. The lowest BCUT2D eigenvalue weighted by Crippen LogP contribution is -2.57. The van der Waals surface area contributed by atoms with Crippen molar-refractivity contribution in [1.29, 1.82) is 0 Å². The summed E-state index contributed by atoms with van der Waals surface area (Å²) < 4.78 is 14.4. The molecule has 2 aromatic rings. The Morgan fingerprint density at radius 3 is 2.82 bits per heavy atom. The average molecular weight is 511 g/mol. The maximum atomic E-state index is 14.4. The number of carbonyl (C=O) groups is 2. The molecule has 9 nitrogen and oxygen atoms in total. The summed E-state index contributed by atoms with van der Waals surface area (Å²) in [6.45, 7) is 2.43. The number of β-amino-alcohol motifs (C(OH)–C–C–N with tert-alkyl or cyclic N) is 1. The maximum absolute atomic E-state index is 14.4. The normalized spacial score (nSPS) is 23.4. The van der Waals surface area contributed by atoms with Crippen LogP contribution in [-0.4, -0.2) is 58.2 Å². The average Bonchev–Trinajstić information content (AvgIpc) is 3.23. The van der Waals surface area contributed by atoms with Gasteiger partial charge in [0.15, 0.2) is 11.6 Å². The molecule has 0 aliphatic carbocycles. The van der Waals surface area contributed by atoms with Crippen LogP contribution in [0, 0.1) is 5.82 Å². The molecule has 2 saturated heterocycles. The zero-order chi connectivity index (χ0) is 24.4. The lowest BCUT2D eigenvalue weighted by atomic mass is 10.0. The van der Waals surface area contributed by atoms with E-state index in [0.29, 0.717) is 35.9 Å². The van der Waals surface area contributed by atoms with Crippen LogP contribution in [0.1, 0.15) is 37.8 Å². The number of nitrogens with one attached hydrogen (secondary N) is 3. The largest absolute Gasteiger partial charge is 0.389 e. The van der Waals surface area contributed by atoms with Crippen LogP contribution in [0.3, 0.4) is 0 Å². The van der Waals surface area contributed by atoms with Gasteiger partial charge in [-0.15, -0.1) is 0 Å². The van der Waals surface area contributed by atoms with Gasteiger partial charge in [0.05, 0.1) is 24.4 Å². The number of aliphatic hydroxyl groups is 1. The maximum Gasteiger partial charge on any atom is 0.242 e. The molecule has 4 atom stereocenters. The SMILES string of the molecule is C[C@@H](Nc1nc(N2CC[C@H](NC(=O)[C@H]3CCC(=O)N3)[C@@H](O)C2)ncc1F)c1ccc(Cl)cc1Cl. The Hall–Kier alpha value is -2.69. The van der Waals surface area contributed by atoms with Crippen molar-refractivity contribution in [1.82, 2.24) is 20.6 Å². The first-order valence-electron chi connectivity index (χ1n) is 11.0. The molecule has 2 aliphatic heterocycles. The number of aromatic nitrogens is 2. The Morgan fingerprint density at radius 2 is 2.15 bits per heavy atom. The Kier molecular flexibility index (Phi) is 7.39.